The van der Waals surface area contributed by atoms with Gasteiger partial charge in [-0.25, -0.2) is 0 Å². The number of carbonyl (C=O) groups excluding carboxylic acids is 2. The molecule has 0 N–H and O–H groups in total. The zero-order valence-electron chi connectivity index (χ0n) is 15.1. The van der Waals surface area contributed by atoms with Gasteiger partial charge in [0, 0.05) is 24.5 Å². The van der Waals surface area contributed by atoms with Gasteiger partial charge in [-0.2, -0.15) is 11.3 Å². The number of nitrogens with zero attached hydrogens (tertiary/aromatic N) is 1. The fourth-order valence-corrected chi connectivity index (χ4v) is 3.39. The Morgan fingerprint density at radius 2 is 2.04 bits per heavy atom. The molecule has 6 heteroatoms. The summed E-state index contributed by atoms with van der Waals surface area (Å²) in [6, 6.07) is 5.92. The van der Waals surface area contributed by atoms with Crippen molar-refractivity contribution in [2.75, 3.05) is 13.7 Å². The van der Waals surface area contributed by atoms with Crippen molar-refractivity contribution in [1.82, 2.24) is 4.90 Å². The molecule has 0 radical (unpaired) electrons. The summed E-state index contributed by atoms with van der Waals surface area (Å²) in [5, 5.41) is 4.86. The number of fused-ring (bicyclic) bond motifs is 1. The molecule has 0 bridgehead atoms. The minimum absolute atomic E-state index is 0.0804. The molecule has 1 aromatic carbocycles. The first-order valence-electron chi connectivity index (χ1n) is 8.32. The quantitative estimate of drug-likeness (QED) is 0.618. The first-order chi connectivity index (χ1) is 12.5. The van der Waals surface area contributed by atoms with Gasteiger partial charge in [0.25, 0.3) is 5.91 Å². The molecule has 26 heavy (non-hydrogen) atoms. The number of rotatable bonds is 6. The standard InChI is InChI=1S/C20H21NO4S/c1-13-4-5-17-16(10-25-20(17)14(13)2)8-19(23)24-11-18(22)21(3)9-15-6-7-26-12-15/h4-7,10,12H,8-9,11H2,1-3H3. The maximum atomic E-state index is 12.1. The SMILES string of the molecule is Cc1ccc2c(CC(=O)OCC(=O)N(C)Cc3ccsc3)coc2c1C. The summed E-state index contributed by atoms with van der Waals surface area (Å²) < 4.78 is 10.8. The molecule has 1 amide bonds. The minimum atomic E-state index is -0.441. The summed E-state index contributed by atoms with van der Waals surface area (Å²) in [7, 11) is 1.70. The molecule has 0 aliphatic heterocycles. The number of furan rings is 1. The van der Waals surface area contributed by atoms with E-state index in [4.69, 9.17) is 9.15 Å². The van der Waals surface area contributed by atoms with Crippen molar-refractivity contribution < 1.29 is 18.7 Å². The molecule has 3 aromatic rings. The Kier molecular flexibility index (Phi) is 5.42. The van der Waals surface area contributed by atoms with Crippen LogP contribution in [0.25, 0.3) is 11.0 Å². The number of carbonyl (C=O) groups is 2. The Morgan fingerprint density at radius 3 is 2.77 bits per heavy atom. The van der Waals surface area contributed by atoms with Crippen LogP contribution < -0.4 is 0 Å². The summed E-state index contributed by atoms with van der Waals surface area (Å²) in [6.07, 6.45) is 1.67. The Labute approximate surface area is 156 Å². The second kappa shape index (κ2) is 7.74. The highest BCUT2D eigenvalue weighted by atomic mass is 32.1. The van der Waals surface area contributed by atoms with Gasteiger partial charge >= 0.3 is 5.97 Å². The van der Waals surface area contributed by atoms with Crippen LogP contribution in [0.2, 0.25) is 0 Å². The van der Waals surface area contributed by atoms with Gasteiger partial charge < -0.3 is 14.1 Å². The predicted octanol–water partition coefficient (Wildman–Crippen LogP) is 3.86. The fourth-order valence-electron chi connectivity index (χ4n) is 2.73. The first-order valence-corrected chi connectivity index (χ1v) is 9.27. The molecule has 0 aliphatic carbocycles. The van der Waals surface area contributed by atoms with Gasteiger partial charge in [0.15, 0.2) is 6.61 Å². The molecule has 0 saturated heterocycles. The maximum absolute atomic E-state index is 12.1. The predicted molar refractivity (Wildman–Crippen MR) is 101 cm³/mol. The second-order valence-corrected chi connectivity index (χ2v) is 7.14. The molecule has 5 nitrogen and oxygen atoms in total. The lowest BCUT2D eigenvalue weighted by Crippen LogP contribution is -2.30. The van der Waals surface area contributed by atoms with Crippen molar-refractivity contribution in [3.05, 3.63) is 57.5 Å². The zero-order valence-corrected chi connectivity index (χ0v) is 15.9. The van der Waals surface area contributed by atoms with Crippen LogP contribution in [0, 0.1) is 13.8 Å². The molecule has 2 heterocycles. The summed E-state index contributed by atoms with van der Waals surface area (Å²) in [4.78, 5) is 25.8. The van der Waals surface area contributed by atoms with E-state index in [2.05, 4.69) is 0 Å². The van der Waals surface area contributed by atoms with Crippen LogP contribution in [0.1, 0.15) is 22.3 Å². The summed E-state index contributed by atoms with van der Waals surface area (Å²) in [5.41, 5.74) is 4.83. The van der Waals surface area contributed by atoms with Gasteiger partial charge in [-0.05, 0) is 47.4 Å². The van der Waals surface area contributed by atoms with Gasteiger partial charge in [0.05, 0.1) is 12.7 Å². The third kappa shape index (κ3) is 3.96. The lowest BCUT2D eigenvalue weighted by molar-refractivity contribution is -0.151. The maximum Gasteiger partial charge on any atom is 0.310 e. The largest absolute Gasteiger partial charge is 0.464 e. The molecular weight excluding hydrogens is 350 g/mol. The summed E-state index contributed by atoms with van der Waals surface area (Å²) in [6.45, 7) is 4.26. The Bertz CT molecular complexity index is 927. The average Bonchev–Trinajstić information content (AvgIpc) is 3.26. The molecule has 3 rings (SSSR count). The second-order valence-electron chi connectivity index (χ2n) is 6.36. The molecule has 0 fully saturated rings. The third-order valence-electron chi connectivity index (χ3n) is 4.46. The number of likely N-dealkylation sites (N-methyl/N-ethyl adjacent to an activating group) is 1. The molecule has 0 atom stereocenters. The van der Waals surface area contributed by atoms with Gasteiger partial charge in [-0.15, -0.1) is 0 Å². The number of aryl methyl sites for hydroxylation is 2. The van der Waals surface area contributed by atoms with Gasteiger partial charge in [-0.1, -0.05) is 12.1 Å². The van der Waals surface area contributed by atoms with Gasteiger partial charge in [0.1, 0.15) is 5.58 Å². The van der Waals surface area contributed by atoms with Crippen molar-refractivity contribution in [2.45, 2.75) is 26.8 Å². The third-order valence-corrected chi connectivity index (χ3v) is 5.19. The van der Waals surface area contributed by atoms with Crippen LogP contribution in [-0.2, 0) is 27.3 Å². The van der Waals surface area contributed by atoms with E-state index in [9.17, 15) is 9.59 Å². The van der Waals surface area contributed by atoms with E-state index in [1.807, 2.05) is 42.8 Å². The van der Waals surface area contributed by atoms with Crippen molar-refractivity contribution >= 4 is 34.2 Å². The highest BCUT2D eigenvalue weighted by molar-refractivity contribution is 7.07. The number of hydrogen-bond acceptors (Lipinski definition) is 5. The lowest BCUT2D eigenvalue weighted by atomic mass is 10.0. The van der Waals surface area contributed by atoms with Crippen molar-refractivity contribution in [2.24, 2.45) is 0 Å². The van der Waals surface area contributed by atoms with Crippen LogP contribution in [0.4, 0.5) is 0 Å². The molecule has 0 saturated carbocycles. The number of benzene rings is 1. The van der Waals surface area contributed by atoms with E-state index < -0.39 is 5.97 Å². The number of esters is 1. The average molecular weight is 371 g/mol. The number of ether oxygens (including phenoxy) is 1. The molecule has 2 aromatic heterocycles. The highest BCUT2D eigenvalue weighted by Crippen LogP contribution is 2.26. The minimum Gasteiger partial charge on any atom is -0.464 e. The molecule has 136 valence electrons. The Morgan fingerprint density at radius 1 is 1.23 bits per heavy atom. The Balaban J connectivity index is 1.56. The number of hydrogen-bond donors (Lipinski definition) is 0. The van der Waals surface area contributed by atoms with Crippen LogP contribution in [0.5, 0.6) is 0 Å². The summed E-state index contributed by atoms with van der Waals surface area (Å²) >= 11 is 1.58. The van der Waals surface area contributed by atoms with Crippen LogP contribution in [-0.4, -0.2) is 30.4 Å². The summed E-state index contributed by atoms with van der Waals surface area (Å²) in [5.74, 6) is -0.670. The molecule has 0 aliphatic rings. The normalized spacial score (nSPS) is 10.9. The molecule has 0 spiro atoms. The van der Waals surface area contributed by atoms with Crippen LogP contribution in [0.15, 0.2) is 39.6 Å². The number of thiophene rings is 1. The molecular formula is C20H21NO4S. The Hall–Kier alpha value is -2.60. The van der Waals surface area contributed by atoms with E-state index >= 15 is 0 Å². The van der Waals surface area contributed by atoms with E-state index in [0.29, 0.717) is 6.54 Å². The molecule has 0 unspecified atom stereocenters. The van der Waals surface area contributed by atoms with Crippen molar-refractivity contribution in [1.29, 1.82) is 0 Å². The van der Waals surface area contributed by atoms with E-state index in [-0.39, 0.29) is 18.9 Å². The van der Waals surface area contributed by atoms with Crippen molar-refractivity contribution in [3.63, 3.8) is 0 Å². The van der Waals surface area contributed by atoms with Crippen LogP contribution >= 0.6 is 11.3 Å². The lowest BCUT2D eigenvalue weighted by Gasteiger charge is -2.16. The zero-order chi connectivity index (χ0) is 18.7. The monoisotopic (exact) mass is 371 g/mol. The topological polar surface area (TPSA) is 59.8 Å². The first kappa shape index (κ1) is 18.2. The van der Waals surface area contributed by atoms with Gasteiger partial charge in [0.2, 0.25) is 0 Å². The smallest absolute Gasteiger partial charge is 0.310 e. The van der Waals surface area contributed by atoms with E-state index in [0.717, 1.165) is 33.2 Å². The van der Waals surface area contributed by atoms with Crippen molar-refractivity contribution in [3.8, 4) is 0 Å². The number of amides is 1. The van der Waals surface area contributed by atoms with Crippen LogP contribution in [0.3, 0.4) is 0 Å². The fraction of sp³-hybridized carbons (Fsp3) is 0.300. The van der Waals surface area contributed by atoms with E-state index in [1.165, 1.54) is 0 Å². The van der Waals surface area contributed by atoms with Gasteiger partial charge in [-0.3, -0.25) is 9.59 Å². The highest BCUT2D eigenvalue weighted by Gasteiger charge is 2.16. The van der Waals surface area contributed by atoms with E-state index in [1.54, 1.807) is 29.5 Å².